The monoisotopic (exact) mass is 481 g/mol. The Balaban J connectivity index is 1.47. The number of hydrogen-bond acceptors (Lipinski definition) is 7. The Morgan fingerprint density at radius 1 is 1.26 bits per heavy atom. The second-order valence-corrected chi connectivity index (χ2v) is 8.29. The molecule has 1 aliphatic rings. The molecule has 176 valence electrons. The first-order valence-corrected chi connectivity index (χ1v) is 11.3. The molecule has 1 fully saturated rings. The number of carbonyl (C=O) groups excluding carboxylic acids is 1. The van der Waals surface area contributed by atoms with Gasteiger partial charge in [-0.1, -0.05) is 11.6 Å². The first kappa shape index (κ1) is 22.3. The van der Waals surface area contributed by atoms with Crippen LogP contribution in [-0.4, -0.2) is 75.1 Å². The number of aromatic nitrogens is 5. The smallest absolute Gasteiger partial charge is 0.261 e. The predicted molar refractivity (Wildman–Crippen MR) is 127 cm³/mol. The number of nitrogens with zero attached hydrogens (tertiary/aromatic N) is 6. The molecule has 0 unspecified atom stereocenters. The van der Waals surface area contributed by atoms with E-state index in [0.29, 0.717) is 45.5 Å². The highest BCUT2D eigenvalue weighted by molar-refractivity contribution is 6.31. The fourth-order valence-corrected chi connectivity index (χ4v) is 4.11. The van der Waals surface area contributed by atoms with Gasteiger partial charge in [0.15, 0.2) is 5.65 Å². The minimum absolute atomic E-state index is 0.330. The second-order valence-electron chi connectivity index (χ2n) is 7.85. The van der Waals surface area contributed by atoms with E-state index in [1.165, 1.54) is 6.20 Å². The number of carbonyl (C=O) groups is 1. The van der Waals surface area contributed by atoms with Gasteiger partial charge in [-0.2, -0.15) is 10.2 Å². The SMILES string of the molecule is COc1ccc(Cl)cc1-c1nn(CCN2CCOCC2)cc1NC(=O)c1cnn2cccnc12. The van der Waals surface area contributed by atoms with Gasteiger partial charge in [-0.25, -0.2) is 9.50 Å². The van der Waals surface area contributed by atoms with Gasteiger partial charge in [0.2, 0.25) is 0 Å². The second kappa shape index (κ2) is 9.80. The summed E-state index contributed by atoms with van der Waals surface area (Å²) >= 11 is 6.28. The van der Waals surface area contributed by atoms with Crippen molar-refractivity contribution in [2.24, 2.45) is 0 Å². The average molecular weight is 482 g/mol. The first-order valence-electron chi connectivity index (χ1n) is 10.9. The lowest BCUT2D eigenvalue weighted by atomic mass is 10.1. The first-order chi connectivity index (χ1) is 16.6. The Kier molecular flexibility index (Phi) is 6.43. The van der Waals surface area contributed by atoms with Crippen LogP contribution in [0.2, 0.25) is 5.02 Å². The molecule has 0 atom stereocenters. The fourth-order valence-electron chi connectivity index (χ4n) is 3.94. The molecule has 0 saturated carbocycles. The number of nitrogens with one attached hydrogen (secondary N) is 1. The summed E-state index contributed by atoms with van der Waals surface area (Å²) in [6.07, 6.45) is 6.69. The van der Waals surface area contributed by atoms with Crippen molar-refractivity contribution in [1.82, 2.24) is 29.3 Å². The van der Waals surface area contributed by atoms with Crippen LogP contribution in [-0.2, 0) is 11.3 Å². The molecule has 1 N–H and O–H groups in total. The van der Waals surface area contributed by atoms with Crippen molar-refractivity contribution < 1.29 is 14.3 Å². The van der Waals surface area contributed by atoms with Gasteiger partial charge in [0.25, 0.3) is 5.91 Å². The normalized spacial score (nSPS) is 14.4. The molecule has 0 bridgehead atoms. The third-order valence-electron chi connectivity index (χ3n) is 5.70. The van der Waals surface area contributed by atoms with Crippen molar-refractivity contribution in [2.45, 2.75) is 6.54 Å². The molecule has 0 aliphatic carbocycles. The van der Waals surface area contributed by atoms with Gasteiger partial charge in [0.05, 0.1) is 38.8 Å². The molecule has 0 spiro atoms. The van der Waals surface area contributed by atoms with Crippen LogP contribution >= 0.6 is 11.6 Å². The summed E-state index contributed by atoms with van der Waals surface area (Å²) in [6, 6.07) is 7.07. The van der Waals surface area contributed by atoms with E-state index >= 15 is 0 Å². The lowest BCUT2D eigenvalue weighted by Gasteiger charge is -2.26. The molecule has 34 heavy (non-hydrogen) atoms. The van der Waals surface area contributed by atoms with Crippen molar-refractivity contribution >= 4 is 28.8 Å². The van der Waals surface area contributed by atoms with Crippen LogP contribution < -0.4 is 10.1 Å². The van der Waals surface area contributed by atoms with Gasteiger partial charge >= 0.3 is 0 Å². The lowest BCUT2D eigenvalue weighted by Crippen LogP contribution is -2.38. The molecule has 1 aromatic carbocycles. The van der Waals surface area contributed by atoms with Gasteiger partial charge in [0, 0.05) is 48.8 Å². The van der Waals surface area contributed by atoms with Crippen molar-refractivity contribution in [3.8, 4) is 17.0 Å². The maximum absolute atomic E-state index is 13.2. The number of amides is 1. The van der Waals surface area contributed by atoms with Crippen molar-refractivity contribution in [3.05, 3.63) is 59.6 Å². The lowest BCUT2D eigenvalue weighted by molar-refractivity contribution is 0.0360. The summed E-state index contributed by atoms with van der Waals surface area (Å²) in [5, 5.41) is 12.5. The fraction of sp³-hybridized carbons (Fsp3) is 0.304. The van der Waals surface area contributed by atoms with Crippen LogP contribution in [0.3, 0.4) is 0 Å². The third-order valence-corrected chi connectivity index (χ3v) is 5.93. The molecule has 5 rings (SSSR count). The van der Waals surface area contributed by atoms with Crippen LogP contribution in [0.25, 0.3) is 16.9 Å². The van der Waals surface area contributed by atoms with E-state index in [9.17, 15) is 4.79 Å². The molecule has 11 heteroatoms. The number of benzene rings is 1. The molecule has 4 aromatic rings. The Bertz CT molecular complexity index is 1310. The number of morpholine rings is 1. The van der Waals surface area contributed by atoms with E-state index in [1.807, 2.05) is 10.9 Å². The molecule has 1 amide bonds. The molecule has 1 aliphatic heterocycles. The highest BCUT2D eigenvalue weighted by Gasteiger charge is 2.21. The van der Waals surface area contributed by atoms with Crippen LogP contribution in [0.15, 0.2) is 49.1 Å². The standard InChI is InChI=1S/C23H24ClN7O3/c1-33-20-4-3-16(24)13-17(20)21-19(15-30(28-21)8-7-29-9-11-34-12-10-29)27-23(32)18-14-26-31-6-2-5-25-22(18)31/h2-6,13-15H,7-12H2,1H3,(H,27,32). The highest BCUT2D eigenvalue weighted by Crippen LogP contribution is 2.36. The van der Waals surface area contributed by atoms with Crippen LogP contribution in [0.4, 0.5) is 5.69 Å². The van der Waals surface area contributed by atoms with E-state index in [1.54, 1.807) is 48.3 Å². The zero-order valence-corrected chi connectivity index (χ0v) is 19.4. The van der Waals surface area contributed by atoms with E-state index in [4.69, 9.17) is 26.2 Å². The minimum atomic E-state index is -0.330. The Morgan fingerprint density at radius 2 is 2.12 bits per heavy atom. The molecule has 3 aromatic heterocycles. The molecule has 1 saturated heterocycles. The third kappa shape index (κ3) is 4.60. The molecular formula is C23H24ClN7O3. The zero-order valence-electron chi connectivity index (χ0n) is 18.6. The summed E-state index contributed by atoms with van der Waals surface area (Å²) < 4.78 is 14.4. The van der Waals surface area contributed by atoms with E-state index < -0.39 is 0 Å². The number of fused-ring (bicyclic) bond motifs is 1. The molecule has 10 nitrogen and oxygen atoms in total. The number of methoxy groups -OCH3 is 1. The summed E-state index contributed by atoms with van der Waals surface area (Å²) in [6.45, 7) is 4.73. The summed E-state index contributed by atoms with van der Waals surface area (Å²) in [4.78, 5) is 19.8. The topological polar surface area (TPSA) is 98.8 Å². The zero-order chi connectivity index (χ0) is 23.5. The highest BCUT2D eigenvalue weighted by atomic mass is 35.5. The van der Waals surface area contributed by atoms with E-state index in [0.717, 1.165) is 32.8 Å². The maximum Gasteiger partial charge on any atom is 0.261 e. The number of rotatable bonds is 7. The van der Waals surface area contributed by atoms with E-state index in [-0.39, 0.29) is 5.91 Å². The molecular weight excluding hydrogens is 458 g/mol. The summed E-state index contributed by atoms with van der Waals surface area (Å²) in [5.74, 6) is 0.277. The quantitative estimate of drug-likeness (QED) is 0.433. The van der Waals surface area contributed by atoms with Gasteiger partial charge < -0.3 is 14.8 Å². The van der Waals surface area contributed by atoms with Crippen molar-refractivity contribution in [1.29, 1.82) is 0 Å². The van der Waals surface area contributed by atoms with Gasteiger partial charge in [-0.3, -0.25) is 14.4 Å². The number of halogens is 1. The van der Waals surface area contributed by atoms with Crippen LogP contribution in [0.5, 0.6) is 5.75 Å². The van der Waals surface area contributed by atoms with Gasteiger partial charge in [-0.15, -0.1) is 0 Å². The maximum atomic E-state index is 13.2. The number of hydrogen-bond donors (Lipinski definition) is 1. The van der Waals surface area contributed by atoms with Crippen LogP contribution in [0, 0.1) is 0 Å². The predicted octanol–water partition coefficient (Wildman–Crippen LogP) is 2.84. The summed E-state index contributed by atoms with van der Waals surface area (Å²) in [7, 11) is 1.59. The average Bonchev–Trinajstić information content (AvgIpc) is 3.47. The van der Waals surface area contributed by atoms with Crippen molar-refractivity contribution in [3.63, 3.8) is 0 Å². The number of anilines is 1. The van der Waals surface area contributed by atoms with Crippen LogP contribution in [0.1, 0.15) is 10.4 Å². The van der Waals surface area contributed by atoms with Gasteiger partial charge in [0.1, 0.15) is 17.0 Å². The Hall–Kier alpha value is -3.47. The van der Waals surface area contributed by atoms with Crippen molar-refractivity contribution in [2.75, 3.05) is 45.3 Å². The summed E-state index contributed by atoms with van der Waals surface area (Å²) in [5.41, 5.74) is 2.64. The largest absolute Gasteiger partial charge is 0.496 e. The van der Waals surface area contributed by atoms with E-state index in [2.05, 4.69) is 20.3 Å². The molecule has 0 radical (unpaired) electrons. The Labute approximate surface area is 201 Å². The number of ether oxygens (including phenoxy) is 2. The van der Waals surface area contributed by atoms with Gasteiger partial charge in [-0.05, 0) is 24.3 Å². The Morgan fingerprint density at radius 3 is 2.94 bits per heavy atom. The minimum Gasteiger partial charge on any atom is -0.496 e. The molecule has 4 heterocycles.